The number of aliphatic hydroxyl groups is 1. The zero-order valence-electron chi connectivity index (χ0n) is 12.9. The number of carbonyl (C=O) groups excluding carboxylic acids is 1. The molecule has 2 aliphatic rings. The summed E-state index contributed by atoms with van der Waals surface area (Å²) in [5.74, 6) is 0.734. The second-order valence-corrected chi connectivity index (χ2v) is 6.00. The van der Waals surface area contributed by atoms with E-state index in [9.17, 15) is 9.90 Å². The summed E-state index contributed by atoms with van der Waals surface area (Å²) in [5.41, 5.74) is 0. The molecule has 6 heteroatoms. The molecule has 2 N–H and O–H groups in total. The minimum atomic E-state index is -0.452. The Labute approximate surface area is 126 Å². The van der Waals surface area contributed by atoms with E-state index in [1.807, 2.05) is 6.92 Å². The van der Waals surface area contributed by atoms with Gasteiger partial charge < -0.3 is 24.8 Å². The summed E-state index contributed by atoms with van der Waals surface area (Å²) >= 11 is 0. The number of aliphatic hydroxyl groups excluding tert-OH is 1. The minimum absolute atomic E-state index is 0.218. The molecule has 1 heterocycles. The van der Waals surface area contributed by atoms with Crippen molar-refractivity contribution < 1.29 is 19.4 Å². The molecule has 1 saturated carbocycles. The largest absolute Gasteiger partial charge is 0.450 e. The third kappa shape index (κ3) is 6.20. The first-order chi connectivity index (χ1) is 10.2. The van der Waals surface area contributed by atoms with Crippen LogP contribution in [0.3, 0.4) is 0 Å². The first-order valence-corrected chi connectivity index (χ1v) is 8.10. The van der Waals surface area contributed by atoms with Crippen molar-refractivity contribution in [2.45, 2.75) is 44.8 Å². The molecular formula is C15H28N2O4. The highest BCUT2D eigenvalue weighted by molar-refractivity contribution is 5.67. The van der Waals surface area contributed by atoms with Crippen LogP contribution in [0.1, 0.15) is 32.6 Å². The number of hydrogen-bond acceptors (Lipinski definition) is 5. The fourth-order valence-corrected chi connectivity index (χ4v) is 2.50. The summed E-state index contributed by atoms with van der Waals surface area (Å²) in [7, 11) is 0. The van der Waals surface area contributed by atoms with Gasteiger partial charge in [0.25, 0.3) is 0 Å². The molecule has 0 radical (unpaired) electrons. The van der Waals surface area contributed by atoms with E-state index in [-0.39, 0.29) is 6.09 Å². The molecule has 1 aliphatic heterocycles. The first-order valence-electron chi connectivity index (χ1n) is 8.10. The van der Waals surface area contributed by atoms with Gasteiger partial charge in [-0.05, 0) is 38.5 Å². The Morgan fingerprint density at radius 2 is 2.05 bits per heavy atom. The molecule has 0 spiro atoms. The van der Waals surface area contributed by atoms with E-state index < -0.39 is 6.10 Å². The molecule has 2 rings (SSSR count). The third-order valence-electron chi connectivity index (χ3n) is 4.02. The number of hydrogen-bond donors (Lipinski definition) is 2. The summed E-state index contributed by atoms with van der Waals surface area (Å²) in [6.45, 7) is 5.41. The topological polar surface area (TPSA) is 71.0 Å². The number of piperidine rings is 1. The van der Waals surface area contributed by atoms with Crippen molar-refractivity contribution in [1.82, 2.24) is 10.2 Å². The zero-order chi connectivity index (χ0) is 15.1. The van der Waals surface area contributed by atoms with Crippen LogP contribution in [-0.2, 0) is 9.47 Å². The van der Waals surface area contributed by atoms with Gasteiger partial charge in [-0.2, -0.15) is 0 Å². The molecule has 122 valence electrons. The van der Waals surface area contributed by atoms with Crippen LogP contribution in [0, 0.1) is 5.92 Å². The maximum atomic E-state index is 11.6. The molecule has 1 saturated heterocycles. The highest BCUT2D eigenvalue weighted by atomic mass is 16.6. The number of amides is 1. The second kappa shape index (κ2) is 8.56. The van der Waals surface area contributed by atoms with Crippen LogP contribution in [0.15, 0.2) is 0 Å². The zero-order valence-corrected chi connectivity index (χ0v) is 12.9. The molecule has 21 heavy (non-hydrogen) atoms. The Bertz CT molecular complexity index is 315. The van der Waals surface area contributed by atoms with Crippen molar-refractivity contribution in [2.24, 2.45) is 5.92 Å². The van der Waals surface area contributed by atoms with Crippen molar-refractivity contribution in [3.8, 4) is 0 Å². The van der Waals surface area contributed by atoms with Gasteiger partial charge in [0.1, 0.15) is 0 Å². The molecule has 1 amide bonds. The predicted molar refractivity (Wildman–Crippen MR) is 79.2 cm³/mol. The summed E-state index contributed by atoms with van der Waals surface area (Å²) in [4.78, 5) is 13.3. The minimum Gasteiger partial charge on any atom is -0.450 e. The Hall–Kier alpha value is -0.850. The van der Waals surface area contributed by atoms with Crippen molar-refractivity contribution >= 4 is 6.09 Å². The van der Waals surface area contributed by atoms with Crippen LogP contribution in [-0.4, -0.2) is 67.7 Å². The number of nitrogens with one attached hydrogen (secondary N) is 1. The van der Waals surface area contributed by atoms with Crippen molar-refractivity contribution in [2.75, 3.05) is 39.5 Å². The van der Waals surface area contributed by atoms with Crippen LogP contribution < -0.4 is 5.32 Å². The van der Waals surface area contributed by atoms with Gasteiger partial charge in [-0.3, -0.25) is 0 Å². The smallest absolute Gasteiger partial charge is 0.409 e. The Morgan fingerprint density at radius 3 is 2.67 bits per heavy atom. The van der Waals surface area contributed by atoms with Gasteiger partial charge >= 0.3 is 6.09 Å². The van der Waals surface area contributed by atoms with E-state index in [1.165, 1.54) is 12.8 Å². The maximum Gasteiger partial charge on any atom is 0.409 e. The molecule has 1 unspecified atom stereocenters. The molecule has 0 aromatic rings. The quantitative estimate of drug-likeness (QED) is 0.699. The summed E-state index contributed by atoms with van der Waals surface area (Å²) in [6, 6.07) is 0.355. The fourth-order valence-electron chi connectivity index (χ4n) is 2.50. The average molecular weight is 300 g/mol. The van der Waals surface area contributed by atoms with Crippen LogP contribution in [0.5, 0.6) is 0 Å². The Kier molecular flexibility index (Phi) is 6.73. The molecule has 0 aromatic heterocycles. The third-order valence-corrected chi connectivity index (χ3v) is 4.02. The number of carbonyl (C=O) groups is 1. The monoisotopic (exact) mass is 300 g/mol. The van der Waals surface area contributed by atoms with Gasteiger partial charge in [0, 0.05) is 32.3 Å². The van der Waals surface area contributed by atoms with Gasteiger partial charge in [-0.15, -0.1) is 0 Å². The average Bonchev–Trinajstić information content (AvgIpc) is 3.30. The number of rotatable bonds is 8. The maximum absolute atomic E-state index is 11.6. The first kappa shape index (κ1) is 16.5. The van der Waals surface area contributed by atoms with Gasteiger partial charge in [0.2, 0.25) is 0 Å². The van der Waals surface area contributed by atoms with Crippen LogP contribution >= 0.6 is 0 Å². The Morgan fingerprint density at radius 1 is 1.33 bits per heavy atom. The van der Waals surface area contributed by atoms with Gasteiger partial charge in [0.05, 0.1) is 19.3 Å². The number of nitrogens with zero attached hydrogens (tertiary/aromatic N) is 1. The van der Waals surface area contributed by atoms with Crippen molar-refractivity contribution in [1.29, 1.82) is 0 Å². The molecule has 1 aliphatic carbocycles. The van der Waals surface area contributed by atoms with E-state index in [1.54, 1.807) is 4.90 Å². The van der Waals surface area contributed by atoms with Crippen LogP contribution in [0.25, 0.3) is 0 Å². The Balaban J connectivity index is 1.52. The predicted octanol–water partition coefficient (Wildman–Crippen LogP) is 0.984. The lowest BCUT2D eigenvalue weighted by molar-refractivity contribution is 0.0297. The standard InChI is InChI=1S/C15H28N2O4/c1-2-21-15(19)17-7-5-13(6-8-17)16-9-14(18)11-20-10-12-3-4-12/h12-14,16,18H,2-11H2,1H3. The number of likely N-dealkylation sites (tertiary alicyclic amines) is 1. The lowest BCUT2D eigenvalue weighted by Gasteiger charge is -2.32. The van der Waals surface area contributed by atoms with E-state index in [4.69, 9.17) is 9.47 Å². The lowest BCUT2D eigenvalue weighted by atomic mass is 10.1. The normalized spacial score (nSPS) is 21.3. The second-order valence-electron chi connectivity index (χ2n) is 6.00. The summed E-state index contributed by atoms with van der Waals surface area (Å²) in [6.07, 6.45) is 3.67. The highest BCUT2D eigenvalue weighted by Crippen LogP contribution is 2.28. The van der Waals surface area contributed by atoms with Crippen molar-refractivity contribution in [3.05, 3.63) is 0 Å². The summed E-state index contributed by atoms with van der Waals surface area (Å²) < 4.78 is 10.5. The van der Waals surface area contributed by atoms with E-state index in [2.05, 4.69) is 5.32 Å². The van der Waals surface area contributed by atoms with Gasteiger partial charge in [0.15, 0.2) is 0 Å². The summed E-state index contributed by atoms with van der Waals surface area (Å²) in [5, 5.41) is 13.2. The van der Waals surface area contributed by atoms with Crippen molar-refractivity contribution in [3.63, 3.8) is 0 Å². The van der Waals surface area contributed by atoms with Crippen LogP contribution in [0.4, 0.5) is 4.79 Å². The van der Waals surface area contributed by atoms with E-state index >= 15 is 0 Å². The van der Waals surface area contributed by atoms with Gasteiger partial charge in [-0.25, -0.2) is 4.79 Å². The fraction of sp³-hybridized carbons (Fsp3) is 0.933. The SMILES string of the molecule is CCOC(=O)N1CCC(NCC(O)COCC2CC2)CC1. The molecule has 2 fully saturated rings. The van der Waals surface area contributed by atoms with E-state index in [0.717, 1.165) is 25.4 Å². The molecule has 1 atom stereocenters. The molecule has 6 nitrogen and oxygen atoms in total. The molecule has 0 bridgehead atoms. The molecular weight excluding hydrogens is 272 g/mol. The molecule has 0 aromatic carbocycles. The number of ether oxygens (including phenoxy) is 2. The van der Waals surface area contributed by atoms with Crippen LogP contribution in [0.2, 0.25) is 0 Å². The van der Waals surface area contributed by atoms with Gasteiger partial charge in [-0.1, -0.05) is 0 Å². The highest BCUT2D eigenvalue weighted by Gasteiger charge is 2.24. The van der Waals surface area contributed by atoms with E-state index in [0.29, 0.717) is 38.9 Å². The lowest BCUT2D eigenvalue weighted by Crippen LogP contribution is -2.47.